The van der Waals surface area contributed by atoms with Crippen LogP contribution < -0.4 is 10.6 Å². The van der Waals surface area contributed by atoms with Gasteiger partial charge in [-0.2, -0.15) is 0 Å². The standard InChI is InChI=1S/C11H24N2/c1-11(2)7-6-10-13-9-5-4-8-12-3/h12-13H,1,4-10H2,2-3H3. The zero-order chi connectivity index (χ0) is 9.94. The Kier molecular flexibility index (Phi) is 9.49. The van der Waals surface area contributed by atoms with Crippen LogP contribution in [-0.4, -0.2) is 26.7 Å². The van der Waals surface area contributed by atoms with Crippen molar-refractivity contribution in [3.63, 3.8) is 0 Å². The summed E-state index contributed by atoms with van der Waals surface area (Å²) >= 11 is 0. The molecule has 0 unspecified atom stereocenters. The molecule has 0 amide bonds. The fourth-order valence-corrected chi connectivity index (χ4v) is 1.19. The van der Waals surface area contributed by atoms with E-state index in [-0.39, 0.29) is 0 Å². The van der Waals surface area contributed by atoms with Crippen LogP contribution in [0.1, 0.15) is 32.6 Å². The van der Waals surface area contributed by atoms with Crippen molar-refractivity contribution in [3.8, 4) is 0 Å². The lowest BCUT2D eigenvalue weighted by atomic mass is 10.2. The molecule has 0 aromatic rings. The quantitative estimate of drug-likeness (QED) is 0.423. The normalized spacial score (nSPS) is 10.3. The molecule has 0 saturated heterocycles. The van der Waals surface area contributed by atoms with Crippen LogP contribution in [0.4, 0.5) is 0 Å². The van der Waals surface area contributed by atoms with Crippen molar-refractivity contribution in [2.75, 3.05) is 26.7 Å². The lowest BCUT2D eigenvalue weighted by molar-refractivity contribution is 0.591. The molecule has 0 rings (SSSR count). The van der Waals surface area contributed by atoms with Gasteiger partial charge in [-0.05, 0) is 59.3 Å². The maximum atomic E-state index is 3.88. The summed E-state index contributed by atoms with van der Waals surface area (Å²) in [5, 5.41) is 6.58. The summed E-state index contributed by atoms with van der Waals surface area (Å²) in [6.45, 7) is 9.38. The molecule has 0 aromatic heterocycles. The zero-order valence-corrected chi connectivity index (χ0v) is 9.16. The van der Waals surface area contributed by atoms with Crippen LogP contribution in [0.15, 0.2) is 12.2 Å². The molecule has 0 aliphatic carbocycles. The van der Waals surface area contributed by atoms with Crippen molar-refractivity contribution in [2.24, 2.45) is 0 Å². The summed E-state index contributed by atoms with van der Waals surface area (Å²) < 4.78 is 0. The molecule has 0 bridgehead atoms. The van der Waals surface area contributed by atoms with E-state index < -0.39 is 0 Å². The molecular weight excluding hydrogens is 160 g/mol. The predicted molar refractivity (Wildman–Crippen MR) is 60.1 cm³/mol. The number of hydrogen-bond acceptors (Lipinski definition) is 2. The highest BCUT2D eigenvalue weighted by molar-refractivity contribution is 4.87. The minimum absolute atomic E-state index is 1.13. The van der Waals surface area contributed by atoms with Crippen LogP contribution in [-0.2, 0) is 0 Å². The molecule has 2 N–H and O–H groups in total. The number of rotatable bonds is 9. The summed E-state index contributed by atoms with van der Waals surface area (Å²) in [4.78, 5) is 0. The molecule has 2 nitrogen and oxygen atoms in total. The molecule has 0 heterocycles. The van der Waals surface area contributed by atoms with E-state index in [1.165, 1.54) is 24.8 Å². The van der Waals surface area contributed by atoms with Crippen molar-refractivity contribution in [2.45, 2.75) is 32.6 Å². The number of nitrogens with one attached hydrogen (secondary N) is 2. The Balaban J connectivity index is 2.87. The minimum Gasteiger partial charge on any atom is -0.320 e. The van der Waals surface area contributed by atoms with Crippen LogP contribution >= 0.6 is 0 Å². The Morgan fingerprint density at radius 3 is 2.31 bits per heavy atom. The van der Waals surface area contributed by atoms with Gasteiger partial charge in [-0.1, -0.05) is 5.57 Å². The lowest BCUT2D eigenvalue weighted by Crippen LogP contribution is -2.18. The van der Waals surface area contributed by atoms with Crippen LogP contribution in [0, 0.1) is 0 Å². The average molecular weight is 184 g/mol. The number of allylic oxidation sites excluding steroid dienone is 1. The molecule has 0 radical (unpaired) electrons. The first-order valence-corrected chi connectivity index (χ1v) is 5.27. The van der Waals surface area contributed by atoms with Gasteiger partial charge in [0, 0.05) is 0 Å². The highest BCUT2D eigenvalue weighted by Gasteiger charge is 1.89. The first-order valence-electron chi connectivity index (χ1n) is 5.27. The average Bonchev–Trinajstić information content (AvgIpc) is 2.09. The SMILES string of the molecule is C=C(C)CCCNCCCCNC. The third-order valence-electron chi connectivity index (χ3n) is 1.99. The fourth-order valence-electron chi connectivity index (χ4n) is 1.19. The maximum Gasteiger partial charge on any atom is -0.00459 e. The Morgan fingerprint density at radius 1 is 1.08 bits per heavy atom. The van der Waals surface area contributed by atoms with E-state index in [1.54, 1.807) is 0 Å². The summed E-state index contributed by atoms with van der Waals surface area (Å²) in [5.74, 6) is 0. The van der Waals surface area contributed by atoms with Gasteiger partial charge in [0.15, 0.2) is 0 Å². The van der Waals surface area contributed by atoms with Crippen molar-refractivity contribution in [1.29, 1.82) is 0 Å². The van der Waals surface area contributed by atoms with Crippen LogP contribution in [0.2, 0.25) is 0 Å². The van der Waals surface area contributed by atoms with E-state index in [4.69, 9.17) is 0 Å². The number of unbranched alkanes of at least 4 members (excludes halogenated alkanes) is 1. The van der Waals surface area contributed by atoms with Gasteiger partial charge in [-0.3, -0.25) is 0 Å². The van der Waals surface area contributed by atoms with Crippen LogP contribution in [0.25, 0.3) is 0 Å². The molecule has 2 heteroatoms. The van der Waals surface area contributed by atoms with Gasteiger partial charge in [-0.25, -0.2) is 0 Å². The molecule has 0 atom stereocenters. The van der Waals surface area contributed by atoms with Crippen molar-refractivity contribution in [1.82, 2.24) is 10.6 Å². The predicted octanol–water partition coefficient (Wildman–Crippen LogP) is 1.93. The van der Waals surface area contributed by atoms with Gasteiger partial charge in [-0.15, -0.1) is 6.58 Å². The van der Waals surface area contributed by atoms with Gasteiger partial charge in [0.2, 0.25) is 0 Å². The summed E-state index contributed by atoms with van der Waals surface area (Å²) in [6, 6.07) is 0. The second-order valence-corrected chi connectivity index (χ2v) is 3.62. The Hall–Kier alpha value is -0.340. The lowest BCUT2D eigenvalue weighted by Gasteiger charge is -2.04. The Labute approximate surface area is 82.8 Å². The van der Waals surface area contributed by atoms with Crippen molar-refractivity contribution in [3.05, 3.63) is 12.2 Å². The highest BCUT2D eigenvalue weighted by Crippen LogP contribution is 1.98. The zero-order valence-electron chi connectivity index (χ0n) is 9.16. The first-order chi connectivity index (χ1) is 6.27. The fraction of sp³-hybridized carbons (Fsp3) is 0.818. The van der Waals surface area contributed by atoms with Crippen LogP contribution in [0.3, 0.4) is 0 Å². The number of hydrogen-bond donors (Lipinski definition) is 2. The van der Waals surface area contributed by atoms with Gasteiger partial charge in [0.25, 0.3) is 0 Å². The molecular formula is C11H24N2. The monoisotopic (exact) mass is 184 g/mol. The first kappa shape index (κ1) is 12.7. The van der Waals surface area contributed by atoms with E-state index in [0.717, 1.165) is 26.1 Å². The van der Waals surface area contributed by atoms with Crippen molar-refractivity contribution >= 4 is 0 Å². The Morgan fingerprint density at radius 2 is 1.69 bits per heavy atom. The summed E-state index contributed by atoms with van der Waals surface area (Å²) in [7, 11) is 2.00. The molecule has 0 aromatic carbocycles. The minimum atomic E-state index is 1.13. The largest absolute Gasteiger partial charge is 0.320 e. The van der Waals surface area contributed by atoms with E-state index in [1.807, 2.05) is 7.05 Å². The van der Waals surface area contributed by atoms with Gasteiger partial charge in [0.05, 0.1) is 0 Å². The van der Waals surface area contributed by atoms with Gasteiger partial charge < -0.3 is 10.6 Å². The highest BCUT2D eigenvalue weighted by atomic mass is 14.8. The molecule has 0 aliphatic heterocycles. The summed E-state index contributed by atoms with van der Waals surface area (Å²) in [5.41, 5.74) is 1.29. The second kappa shape index (κ2) is 9.75. The molecule has 0 saturated carbocycles. The molecule has 0 aliphatic rings. The topological polar surface area (TPSA) is 24.1 Å². The Bertz CT molecular complexity index is 121. The molecule has 0 fully saturated rings. The third kappa shape index (κ3) is 11.7. The molecule has 78 valence electrons. The van der Waals surface area contributed by atoms with Gasteiger partial charge in [0.1, 0.15) is 0 Å². The van der Waals surface area contributed by atoms with E-state index >= 15 is 0 Å². The molecule has 13 heavy (non-hydrogen) atoms. The van der Waals surface area contributed by atoms with Crippen molar-refractivity contribution < 1.29 is 0 Å². The van der Waals surface area contributed by atoms with Gasteiger partial charge >= 0.3 is 0 Å². The smallest absolute Gasteiger partial charge is 0.00459 e. The summed E-state index contributed by atoms with van der Waals surface area (Å²) in [6.07, 6.45) is 4.92. The maximum absolute atomic E-state index is 3.88. The second-order valence-electron chi connectivity index (χ2n) is 3.62. The molecule has 0 spiro atoms. The van der Waals surface area contributed by atoms with E-state index in [0.29, 0.717) is 0 Å². The van der Waals surface area contributed by atoms with E-state index in [2.05, 4.69) is 24.1 Å². The third-order valence-corrected chi connectivity index (χ3v) is 1.99. The van der Waals surface area contributed by atoms with Crippen LogP contribution in [0.5, 0.6) is 0 Å². The van der Waals surface area contributed by atoms with E-state index in [9.17, 15) is 0 Å².